The quantitative estimate of drug-likeness (QED) is 0.867. The number of hydrogen-bond acceptors (Lipinski definition) is 3. The fraction of sp³-hybridized carbons (Fsp3) is 0.500. The fourth-order valence-electron chi connectivity index (χ4n) is 3.06. The van der Waals surface area contributed by atoms with Crippen LogP contribution >= 0.6 is 0 Å². The smallest absolute Gasteiger partial charge is 0.412 e. The Labute approximate surface area is 130 Å². The van der Waals surface area contributed by atoms with E-state index in [-0.39, 0.29) is 12.1 Å². The predicted octanol–water partition coefficient (Wildman–Crippen LogP) is 4.80. The lowest BCUT2D eigenvalue weighted by atomic mass is 9.76. The maximum atomic E-state index is 12.0. The average molecular weight is 301 g/mol. The summed E-state index contributed by atoms with van der Waals surface area (Å²) in [7, 11) is 0. The van der Waals surface area contributed by atoms with E-state index in [1.54, 1.807) is 6.07 Å². The van der Waals surface area contributed by atoms with Gasteiger partial charge < -0.3 is 14.5 Å². The van der Waals surface area contributed by atoms with Gasteiger partial charge in [-0.05, 0) is 62.3 Å². The van der Waals surface area contributed by atoms with Gasteiger partial charge in [0.1, 0.15) is 17.1 Å². The summed E-state index contributed by atoms with van der Waals surface area (Å²) in [5, 5.41) is 3.92. The molecule has 1 N–H and O–H groups in total. The van der Waals surface area contributed by atoms with Crippen LogP contribution in [0.1, 0.15) is 45.3 Å². The van der Waals surface area contributed by atoms with E-state index in [1.807, 2.05) is 25.1 Å². The summed E-state index contributed by atoms with van der Waals surface area (Å²) in [6, 6.07) is 7.57. The zero-order valence-corrected chi connectivity index (χ0v) is 13.4. The van der Waals surface area contributed by atoms with Crippen molar-refractivity contribution < 1.29 is 13.9 Å². The van der Waals surface area contributed by atoms with Gasteiger partial charge in [-0.25, -0.2) is 4.79 Å². The molecular formula is C18H23NO3. The normalized spacial score (nSPS) is 18.3. The molecule has 1 heterocycles. The largest absolute Gasteiger partial charge is 0.461 e. The van der Waals surface area contributed by atoms with Crippen molar-refractivity contribution >= 4 is 17.1 Å². The number of ether oxygens (including phenoxy) is 1. The highest BCUT2D eigenvalue weighted by Crippen LogP contribution is 2.35. The number of benzene rings is 1. The minimum Gasteiger partial charge on any atom is -0.461 e. The summed E-state index contributed by atoms with van der Waals surface area (Å²) in [5.74, 6) is 1.39. The SMILES string of the molecule is Cc1cc2cc(OC(=O)NC3CCC(C)(C)CC3)ccc2o1. The lowest BCUT2D eigenvalue weighted by Gasteiger charge is -2.34. The Balaban J connectivity index is 1.58. The molecule has 0 aliphatic heterocycles. The molecule has 1 amide bonds. The maximum Gasteiger partial charge on any atom is 0.412 e. The van der Waals surface area contributed by atoms with E-state index in [4.69, 9.17) is 9.15 Å². The van der Waals surface area contributed by atoms with Crippen LogP contribution in [0.15, 0.2) is 28.7 Å². The number of rotatable bonds is 2. The number of furan rings is 1. The van der Waals surface area contributed by atoms with Crippen molar-refractivity contribution in [3.8, 4) is 5.75 Å². The number of carbonyl (C=O) groups excluding carboxylic acids is 1. The third kappa shape index (κ3) is 3.43. The van der Waals surface area contributed by atoms with Crippen molar-refractivity contribution in [3.63, 3.8) is 0 Å². The lowest BCUT2D eigenvalue weighted by molar-refractivity contribution is 0.174. The van der Waals surface area contributed by atoms with Crippen molar-refractivity contribution in [2.75, 3.05) is 0 Å². The molecule has 4 heteroatoms. The summed E-state index contributed by atoms with van der Waals surface area (Å²) in [4.78, 5) is 12.0. The molecule has 1 saturated carbocycles. The average Bonchev–Trinajstić information content (AvgIpc) is 2.80. The Morgan fingerprint density at radius 2 is 2.00 bits per heavy atom. The Hall–Kier alpha value is -1.97. The van der Waals surface area contributed by atoms with E-state index < -0.39 is 0 Å². The molecule has 118 valence electrons. The van der Waals surface area contributed by atoms with Gasteiger partial charge in [-0.2, -0.15) is 0 Å². The highest BCUT2D eigenvalue weighted by atomic mass is 16.6. The number of aryl methyl sites for hydroxylation is 1. The molecule has 4 nitrogen and oxygen atoms in total. The van der Waals surface area contributed by atoms with Crippen LogP contribution in [0, 0.1) is 12.3 Å². The van der Waals surface area contributed by atoms with E-state index in [0.29, 0.717) is 11.2 Å². The Bertz CT molecular complexity index is 677. The van der Waals surface area contributed by atoms with Gasteiger partial charge in [0.15, 0.2) is 0 Å². The summed E-state index contributed by atoms with van der Waals surface area (Å²) in [5.41, 5.74) is 1.20. The van der Waals surface area contributed by atoms with E-state index in [2.05, 4.69) is 19.2 Å². The first-order chi connectivity index (χ1) is 10.4. The number of nitrogens with one attached hydrogen (secondary N) is 1. The van der Waals surface area contributed by atoms with E-state index in [1.165, 1.54) is 0 Å². The number of carbonyl (C=O) groups is 1. The number of hydrogen-bond donors (Lipinski definition) is 1. The second-order valence-electron chi connectivity index (χ2n) is 7.03. The molecule has 0 bridgehead atoms. The minimum atomic E-state index is -0.371. The minimum absolute atomic E-state index is 0.223. The third-order valence-electron chi connectivity index (χ3n) is 4.48. The standard InChI is InChI=1S/C18H23NO3/c1-12-10-13-11-15(4-5-16(13)21-12)22-17(20)19-14-6-8-18(2,3)9-7-14/h4-5,10-11,14H,6-9H2,1-3H3,(H,19,20). The molecule has 0 unspecified atom stereocenters. The molecule has 1 fully saturated rings. The van der Waals surface area contributed by atoms with Crippen molar-refractivity contribution in [2.24, 2.45) is 5.41 Å². The van der Waals surface area contributed by atoms with Crippen LogP contribution in [0.2, 0.25) is 0 Å². The first-order valence-electron chi connectivity index (χ1n) is 7.90. The second kappa shape index (κ2) is 5.67. The Kier molecular flexibility index (Phi) is 3.85. The van der Waals surface area contributed by atoms with E-state index in [9.17, 15) is 4.79 Å². The highest BCUT2D eigenvalue weighted by Gasteiger charge is 2.27. The molecule has 1 aliphatic rings. The van der Waals surface area contributed by atoms with Gasteiger partial charge in [0, 0.05) is 11.4 Å². The van der Waals surface area contributed by atoms with Gasteiger partial charge in [0.25, 0.3) is 0 Å². The van der Waals surface area contributed by atoms with Crippen LogP contribution in [0.4, 0.5) is 4.79 Å². The molecular weight excluding hydrogens is 278 g/mol. The molecule has 3 rings (SSSR count). The summed E-state index contributed by atoms with van der Waals surface area (Å²) >= 11 is 0. The Morgan fingerprint density at radius 3 is 2.73 bits per heavy atom. The van der Waals surface area contributed by atoms with Crippen LogP contribution in [0.3, 0.4) is 0 Å². The number of fused-ring (bicyclic) bond motifs is 1. The summed E-state index contributed by atoms with van der Waals surface area (Å²) < 4.78 is 10.9. The van der Waals surface area contributed by atoms with Crippen LogP contribution in [0.25, 0.3) is 11.0 Å². The van der Waals surface area contributed by atoms with Gasteiger partial charge in [-0.15, -0.1) is 0 Å². The molecule has 0 radical (unpaired) electrons. The summed E-state index contributed by atoms with van der Waals surface area (Å²) in [6.45, 7) is 6.46. The molecule has 0 saturated heterocycles. The lowest BCUT2D eigenvalue weighted by Crippen LogP contribution is -2.40. The Morgan fingerprint density at radius 1 is 1.27 bits per heavy atom. The zero-order chi connectivity index (χ0) is 15.7. The van der Waals surface area contributed by atoms with E-state index in [0.717, 1.165) is 42.4 Å². The first-order valence-corrected chi connectivity index (χ1v) is 7.90. The molecule has 2 aromatic rings. The molecule has 0 spiro atoms. The van der Waals surface area contributed by atoms with E-state index >= 15 is 0 Å². The van der Waals surface area contributed by atoms with Crippen molar-refractivity contribution in [3.05, 3.63) is 30.0 Å². The predicted molar refractivity (Wildman–Crippen MR) is 86.1 cm³/mol. The van der Waals surface area contributed by atoms with Gasteiger partial charge >= 0.3 is 6.09 Å². The highest BCUT2D eigenvalue weighted by molar-refractivity contribution is 5.81. The van der Waals surface area contributed by atoms with Gasteiger partial charge in [0.05, 0.1) is 0 Å². The van der Waals surface area contributed by atoms with Crippen LogP contribution in [-0.4, -0.2) is 12.1 Å². The molecule has 1 aromatic carbocycles. The van der Waals surface area contributed by atoms with Crippen LogP contribution < -0.4 is 10.1 Å². The molecule has 1 aromatic heterocycles. The summed E-state index contributed by atoms with van der Waals surface area (Å²) in [6.07, 6.45) is 3.94. The first kappa shape index (κ1) is 14.9. The second-order valence-corrected chi connectivity index (χ2v) is 7.03. The topological polar surface area (TPSA) is 51.5 Å². The van der Waals surface area contributed by atoms with Crippen molar-refractivity contribution in [2.45, 2.75) is 52.5 Å². The fourth-order valence-corrected chi connectivity index (χ4v) is 3.06. The van der Waals surface area contributed by atoms with Crippen molar-refractivity contribution in [1.82, 2.24) is 5.32 Å². The van der Waals surface area contributed by atoms with Gasteiger partial charge in [-0.1, -0.05) is 13.8 Å². The third-order valence-corrected chi connectivity index (χ3v) is 4.48. The number of amides is 1. The van der Waals surface area contributed by atoms with Crippen LogP contribution in [0.5, 0.6) is 5.75 Å². The van der Waals surface area contributed by atoms with Gasteiger partial charge in [0.2, 0.25) is 0 Å². The molecule has 22 heavy (non-hydrogen) atoms. The monoisotopic (exact) mass is 301 g/mol. The maximum absolute atomic E-state index is 12.0. The van der Waals surface area contributed by atoms with Crippen LogP contribution in [-0.2, 0) is 0 Å². The van der Waals surface area contributed by atoms with Gasteiger partial charge in [-0.3, -0.25) is 0 Å². The molecule has 0 atom stereocenters. The van der Waals surface area contributed by atoms with Crippen molar-refractivity contribution in [1.29, 1.82) is 0 Å². The molecule has 1 aliphatic carbocycles. The zero-order valence-electron chi connectivity index (χ0n) is 13.4.